The number of carbonyl (C=O) groups excluding carboxylic acids is 1. The first-order valence-corrected chi connectivity index (χ1v) is 7.75. The van der Waals surface area contributed by atoms with Gasteiger partial charge < -0.3 is 10.6 Å². The van der Waals surface area contributed by atoms with Gasteiger partial charge in [-0.1, -0.05) is 6.07 Å². The first-order valence-electron chi connectivity index (χ1n) is 7.75. The first-order chi connectivity index (χ1) is 12.5. The molecule has 10 nitrogen and oxygen atoms in total. The molecule has 132 valence electrons. The van der Waals surface area contributed by atoms with E-state index >= 15 is 0 Å². The molecule has 0 unspecified atom stereocenters. The molecule has 2 amide bonds. The summed E-state index contributed by atoms with van der Waals surface area (Å²) in [4.78, 5) is 34.8. The van der Waals surface area contributed by atoms with Crippen molar-refractivity contribution in [3.63, 3.8) is 0 Å². The zero-order valence-corrected chi connectivity index (χ0v) is 13.8. The number of nitrogens with one attached hydrogen (secondary N) is 3. The van der Waals surface area contributed by atoms with Crippen LogP contribution in [0.25, 0.3) is 11.2 Å². The molecule has 0 aliphatic carbocycles. The smallest absolute Gasteiger partial charge is 0.320 e. The molecule has 2 heterocycles. The Labute approximate surface area is 147 Å². The zero-order valence-electron chi connectivity index (χ0n) is 13.8. The molecule has 1 aromatic carbocycles. The number of nitro benzene ring substituents is 1. The number of carbonyl (C=O) groups is 1. The highest BCUT2D eigenvalue weighted by Crippen LogP contribution is 2.21. The number of aromatic nitrogens is 3. The van der Waals surface area contributed by atoms with E-state index in [9.17, 15) is 14.9 Å². The Hall–Kier alpha value is -3.82. The molecule has 0 spiro atoms. The minimum absolute atomic E-state index is 0.0321. The molecule has 0 aliphatic rings. The number of fused-ring (bicyclic) bond motifs is 1. The van der Waals surface area contributed by atoms with E-state index in [-0.39, 0.29) is 11.7 Å². The van der Waals surface area contributed by atoms with Crippen LogP contribution in [0.4, 0.5) is 27.8 Å². The lowest BCUT2D eigenvalue weighted by Crippen LogP contribution is -2.28. The van der Waals surface area contributed by atoms with E-state index in [1.807, 2.05) is 6.92 Å². The van der Waals surface area contributed by atoms with Crippen molar-refractivity contribution in [2.45, 2.75) is 6.92 Å². The van der Waals surface area contributed by atoms with E-state index in [0.29, 0.717) is 35.0 Å². The van der Waals surface area contributed by atoms with Gasteiger partial charge >= 0.3 is 6.03 Å². The van der Waals surface area contributed by atoms with Gasteiger partial charge in [0.15, 0.2) is 11.5 Å². The monoisotopic (exact) mass is 353 g/mol. The van der Waals surface area contributed by atoms with Gasteiger partial charge in [-0.3, -0.25) is 15.4 Å². The van der Waals surface area contributed by atoms with Crippen molar-refractivity contribution in [3.8, 4) is 0 Å². The Morgan fingerprint density at radius 1 is 1.19 bits per heavy atom. The van der Waals surface area contributed by atoms with Crippen LogP contribution in [0.15, 0.2) is 42.6 Å². The van der Waals surface area contributed by atoms with Crippen LogP contribution >= 0.6 is 0 Å². The Morgan fingerprint density at radius 3 is 2.77 bits per heavy atom. The number of non-ortho nitro benzene ring substituents is 1. The second-order valence-electron chi connectivity index (χ2n) is 5.21. The third kappa shape index (κ3) is 3.98. The molecule has 0 radical (unpaired) electrons. The molecule has 0 saturated heterocycles. The molecule has 3 aromatic rings. The van der Waals surface area contributed by atoms with E-state index < -0.39 is 4.92 Å². The molecule has 0 atom stereocenters. The van der Waals surface area contributed by atoms with Crippen LogP contribution in [0.5, 0.6) is 0 Å². The van der Waals surface area contributed by atoms with Crippen molar-refractivity contribution in [3.05, 3.63) is 52.7 Å². The average molecular weight is 353 g/mol. The fraction of sp³-hybridized carbons (Fsp3) is 0.125. The van der Waals surface area contributed by atoms with Gasteiger partial charge in [0.25, 0.3) is 5.69 Å². The number of benzene rings is 1. The van der Waals surface area contributed by atoms with Gasteiger partial charge in [0, 0.05) is 24.4 Å². The molecule has 0 saturated carbocycles. The Morgan fingerprint density at radius 2 is 2.00 bits per heavy atom. The summed E-state index contributed by atoms with van der Waals surface area (Å²) in [6, 6.07) is 9.00. The zero-order chi connectivity index (χ0) is 18.5. The lowest BCUT2D eigenvalue weighted by atomic mass is 10.3. The van der Waals surface area contributed by atoms with Crippen molar-refractivity contribution in [2.24, 2.45) is 0 Å². The summed E-state index contributed by atoms with van der Waals surface area (Å²) in [5, 5.41) is 19.0. The topological polar surface area (TPSA) is 135 Å². The SMILES string of the molecule is CCNC(=O)Nc1ccc2ncc(Nc3cccc([N+](=O)[O-])c3)nc2n1. The summed E-state index contributed by atoms with van der Waals surface area (Å²) >= 11 is 0. The van der Waals surface area contributed by atoms with Crippen LogP contribution in [0, 0.1) is 10.1 Å². The van der Waals surface area contributed by atoms with Crippen LogP contribution < -0.4 is 16.0 Å². The third-order valence-corrected chi connectivity index (χ3v) is 3.32. The number of pyridine rings is 1. The predicted molar refractivity (Wildman–Crippen MR) is 96.4 cm³/mol. The number of amides is 2. The molecule has 0 fully saturated rings. The quantitative estimate of drug-likeness (QED) is 0.474. The largest absolute Gasteiger partial charge is 0.339 e. The maximum Gasteiger partial charge on any atom is 0.320 e. The van der Waals surface area contributed by atoms with Gasteiger partial charge in [0.2, 0.25) is 0 Å². The van der Waals surface area contributed by atoms with Gasteiger partial charge in [-0.05, 0) is 25.1 Å². The summed E-state index contributed by atoms with van der Waals surface area (Å²) in [5.41, 5.74) is 1.35. The fourth-order valence-corrected chi connectivity index (χ4v) is 2.19. The van der Waals surface area contributed by atoms with Crippen LogP contribution in [-0.4, -0.2) is 32.5 Å². The van der Waals surface area contributed by atoms with Gasteiger partial charge in [0.1, 0.15) is 11.3 Å². The standard InChI is InChI=1S/C16H15N7O3/c1-2-17-16(24)22-13-7-6-12-15(20-13)21-14(9-18-12)19-10-4-3-5-11(8-10)23(25)26/h3-9H,2H2,1H3,(H3,17,19,20,21,22,24). The summed E-state index contributed by atoms with van der Waals surface area (Å²) in [7, 11) is 0. The van der Waals surface area contributed by atoms with Crippen LogP contribution in [0.3, 0.4) is 0 Å². The van der Waals surface area contributed by atoms with E-state index in [4.69, 9.17) is 0 Å². The van der Waals surface area contributed by atoms with E-state index in [1.165, 1.54) is 18.3 Å². The fourth-order valence-electron chi connectivity index (χ4n) is 2.19. The minimum Gasteiger partial charge on any atom is -0.339 e. The Bertz CT molecular complexity index is 977. The summed E-state index contributed by atoms with van der Waals surface area (Å²) in [6.07, 6.45) is 1.50. The Kier molecular flexibility index (Phi) is 4.83. The average Bonchev–Trinajstić information content (AvgIpc) is 2.62. The number of nitro groups is 1. The Balaban J connectivity index is 1.84. The first kappa shape index (κ1) is 17.0. The maximum absolute atomic E-state index is 11.6. The third-order valence-electron chi connectivity index (χ3n) is 3.32. The van der Waals surface area contributed by atoms with Gasteiger partial charge in [-0.15, -0.1) is 0 Å². The lowest BCUT2D eigenvalue weighted by molar-refractivity contribution is -0.384. The predicted octanol–water partition coefficient (Wildman–Crippen LogP) is 2.82. The number of hydrogen-bond acceptors (Lipinski definition) is 7. The highest BCUT2D eigenvalue weighted by atomic mass is 16.6. The van der Waals surface area contributed by atoms with Crippen molar-refractivity contribution in [2.75, 3.05) is 17.2 Å². The van der Waals surface area contributed by atoms with E-state index in [1.54, 1.807) is 24.3 Å². The van der Waals surface area contributed by atoms with E-state index in [0.717, 1.165) is 0 Å². The molecule has 0 aliphatic heterocycles. The molecule has 2 aromatic heterocycles. The lowest BCUT2D eigenvalue weighted by Gasteiger charge is -2.08. The molecule has 10 heteroatoms. The molecule has 3 rings (SSSR count). The number of hydrogen-bond donors (Lipinski definition) is 3. The second kappa shape index (κ2) is 7.38. The van der Waals surface area contributed by atoms with Gasteiger partial charge in [-0.2, -0.15) is 0 Å². The van der Waals surface area contributed by atoms with Crippen molar-refractivity contribution >= 4 is 40.2 Å². The number of rotatable bonds is 5. The summed E-state index contributed by atoms with van der Waals surface area (Å²) in [5.74, 6) is 0.714. The van der Waals surface area contributed by atoms with Crippen molar-refractivity contribution in [1.82, 2.24) is 20.3 Å². The van der Waals surface area contributed by atoms with Crippen LogP contribution in [-0.2, 0) is 0 Å². The highest BCUT2D eigenvalue weighted by molar-refractivity contribution is 5.89. The molecule has 26 heavy (non-hydrogen) atoms. The number of urea groups is 1. The second-order valence-corrected chi connectivity index (χ2v) is 5.21. The van der Waals surface area contributed by atoms with Crippen LogP contribution in [0.2, 0.25) is 0 Å². The highest BCUT2D eigenvalue weighted by Gasteiger charge is 2.08. The minimum atomic E-state index is -0.474. The van der Waals surface area contributed by atoms with Crippen LogP contribution in [0.1, 0.15) is 6.92 Å². The molecule has 0 bridgehead atoms. The number of anilines is 3. The van der Waals surface area contributed by atoms with E-state index in [2.05, 4.69) is 30.9 Å². The summed E-state index contributed by atoms with van der Waals surface area (Å²) < 4.78 is 0. The molecular weight excluding hydrogens is 338 g/mol. The van der Waals surface area contributed by atoms with Crippen molar-refractivity contribution in [1.29, 1.82) is 0 Å². The van der Waals surface area contributed by atoms with Crippen molar-refractivity contribution < 1.29 is 9.72 Å². The molecular formula is C16H15N7O3. The maximum atomic E-state index is 11.6. The van der Waals surface area contributed by atoms with Gasteiger partial charge in [0.05, 0.1) is 11.1 Å². The van der Waals surface area contributed by atoms with Gasteiger partial charge in [-0.25, -0.2) is 19.7 Å². The number of nitrogens with zero attached hydrogens (tertiary/aromatic N) is 4. The molecule has 3 N–H and O–H groups in total. The normalized spacial score (nSPS) is 10.3. The summed E-state index contributed by atoms with van der Waals surface area (Å²) in [6.45, 7) is 2.31.